The standard InChI is InChI=1S/C12H17NO4S2/c1-9-4-3-5-12(10(9)2)13-19(16,17)11-6-7-18(14,15)8-11/h3-5,11,13H,6-8H2,1-2H3. The quantitative estimate of drug-likeness (QED) is 0.911. The van der Waals surface area contributed by atoms with Crippen molar-refractivity contribution in [3.05, 3.63) is 29.3 Å². The molecule has 0 radical (unpaired) electrons. The lowest BCUT2D eigenvalue weighted by Crippen LogP contribution is -2.29. The lowest BCUT2D eigenvalue weighted by Gasteiger charge is -2.15. The molecule has 0 aliphatic carbocycles. The van der Waals surface area contributed by atoms with Crippen molar-refractivity contribution in [2.75, 3.05) is 16.2 Å². The summed E-state index contributed by atoms with van der Waals surface area (Å²) in [4.78, 5) is 0. The van der Waals surface area contributed by atoms with Crippen LogP contribution in [-0.2, 0) is 19.9 Å². The minimum absolute atomic E-state index is 0.0502. The Hall–Kier alpha value is -1.08. The van der Waals surface area contributed by atoms with Gasteiger partial charge in [-0.15, -0.1) is 0 Å². The number of sulfonamides is 1. The van der Waals surface area contributed by atoms with Crippen molar-refractivity contribution >= 4 is 25.5 Å². The first kappa shape index (κ1) is 14.3. The molecule has 0 saturated carbocycles. The fourth-order valence-electron chi connectivity index (χ4n) is 2.10. The van der Waals surface area contributed by atoms with Gasteiger partial charge in [0.15, 0.2) is 9.84 Å². The molecule has 1 fully saturated rings. The largest absolute Gasteiger partial charge is 0.283 e. The van der Waals surface area contributed by atoms with Crippen LogP contribution in [-0.4, -0.2) is 33.6 Å². The van der Waals surface area contributed by atoms with Crippen LogP contribution in [0.2, 0.25) is 0 Å². The van der Waals surface area contributed by atoms with Gasteiger partial charge in [-0.3, -0.25) is 4.72 Å². The zero-order valence-electron chi connectivity index (χ0n) is 10.9. The average Bonchev–Trinajstić information content (AvgIpc) is 2.66. The van der Waals surface area contributed by atoms with Crippen LogP contribution in [0.15, 0.2) is 18.2 Å². The molecule has 2 rings (SSSR count). The molecule has 0 aromatic heterocycles. The number of nitrogens with one attached hydrogen (secondary N) is 1. The zero-order chi connectivity index (χ0) is 14.3. The van der Waals surface area contributed by atoms with E-state index in [1.807, 2.05) is 19.9 Å². The maximum Gasteiger partial charge on any atom is 0.236 e. The maximum absolute atomic E-state index is 12.2. The minimum atomic E-state index is -3.65. The predicted molar refractivity (Wildman–Crippen MR) is 75.5 cm³/mol. The summed E-state index contributed by atoms with van der Waals surface area (Å²) in [7, 11) is -6.86. The van der Waals surface area contributed by atoms with E-state index in [0.29, 0.717) is 5.69 Å². The summed E-state index contributed by atoms with van der Waals surface area (Å²) >= 11 is 0. The van der Waals surface area contributed by atoms with E-state index in [9.17, 15) is 16.8 Å². The number of benzene rings is 1. The second kappa shape index (κ2) is 4.79. The Morgan fingerprint density at radius 1 is 1.26 bits per heavy atom. The van der Waals surface area contributed by atoms with Gasteiger partial charge in [-0.05, 0) is 37.5 Å². The molecule has 0 amide bonds. The maximum atomic E-state index is 12.2. The van der Waals surface area contributed by atoms with Gasteiger partial charge in [0.1, 0.15) is 0 Å². The number of hydrogen-bond donors (Lipinski definition) is 1. The van der Waals surface area contributed by atoms with E-state index in [0.717, 1.165) is 11.1 Å². The molecule has 1 unspecified atom stereocenters. The summed E-state index contributed by atoms with van der Waals surface area (Å²) in [6.07, 6.45) is 0.169. The van der Waals surface area contributed by atoms with E-state index in [1.54, 1.807) is 12.1 Å². The Labute approximate surface area is 114 Å². The molecular formula is C12H17NO4S2. The van der Waals surface area contributed by atoms with Crippen LogP contribution < -0.4 is 4.72 Å². The molecule has 106 valence electrons. The lowest BCUT2D eigenvalue weighted by molar-refractivity contribution is 0.587. The molecule has 5 nitrogen and oxygen atoms in total. The average molecular weight is 303 g/mol. The van der Waals surface area contributed by atoms with Crippen LogP contribution in [0.1, 0.15) is 17.5 Å². The molecule has 7 heteroatoms. The van der Waals surface area contributed by atoms with Gasteiger partial charge in [0.05, 0.1) is 22.4 Å². The molecule has 1 aromatic rings. The van der Waals surface area contributed by atoms with Crippen LogP contribution in [0.4, 0.5) is 5.69 Å². The first-order valence-corrected chi connectivity index (χ1v) is 9.36. The normalized spacial score (nSPS) is 22.3. The third-order valence-corrected chi connectivity index (χ3v) is 7.25. The van der Waals surface area contributed by atoms with Gasteiger partial charge in [0.2, 0.25) is 10.0 Å². The van der Waals surface area contributed by atoms with Crippen molar-refractivity contribution in [2.45, 2.75) is 25.5 Å². The number of hydrogen-bond acceptors (Lipinski definition) is 4. The van der Waals surface area contributed by atoms with Gasteiger partial charge in [0.25, 0.3) is 0 Å². The molecule has 1 saturated heterocycles. The van der Waals surface area contributed by atoms with Gasteiger partial charge < -0.3 is 0 Å². The minimum Gasteiger partial charge on any atom is -0.283 e. The highest BCUT2D eigenvalue weighted by molar-refractivity contribution is 7.97. The Balaban J connectivity index is 2.25. The fraction of sp³-hybridized carbons (Fsp3) is 0.500. The van der Waals surface area contributed by atoms with Gasteiger partial charge in [0, 0.05) is 0 Å². The summed E-state index contributed by atoms with van der Waals surface area (Å²) in [5.41, 5.74) is 2.36. The Morgan fingerprint density at radius 2 is 1.95 bits per heavy atom. The topological polar surface area (TPSA) is 80.3 Å². The summed E-state index contributed by atoms with van der Waals surface area (Å²) in [5.74, 6) is -0.335. The summed E-state index contributed by atoms with van der Waals surface area (Å²) in [6.45, 7) is 3.73. The van der Waals surface area contributed by atoms with E-state index in [4.69, 9.17) is 0 Å². The molecule has 0 spiro atoms. The number of anilines is 1. The second-order valence-electron chi connectivity index (χ2n) is 4.92. The molecule has 19 heavy (non-hydrogen) atoms. The van der Waals surface area contributed by atoms with Crippen molar-refractivity contribution in [1.29, 1.82) is 0 Å². The van der Waals surface area contributed by atoms with Gasteiger partial charge in [-0.25, -0.2) is 16.8 Å². The highest BCUT2D eigenvalue weighted by Crippen LogP contribution is 2.24. The SMILES string of the molecule is Cc1cccc(NS(=O)(=O)C2CCS(=O)(=O)C2)c1C. The van der Waals surface area contributed by atoms with Crippen LogP contribution in [0.3, 0.4) is 0 Å². The van der Waals surface area contributed by atoms with Crippen LogP contribution in [0.25, 0.3) is 0 Å². The Morgan fingerprint density at radius 3 is 2.53 bits per heavy atom. The van der Waals surface area contributed by atoms with E-state index in [-0.39, 0.29) is 17.9 Å². The van der Waals surface area contributed by atoms with Crippen LogP contribution in [0, 0.1) is 13.8 Å². The van der Waals surface area contributed by atoms with Crippen LogP contribution >= 0.6 is 0 Å². The summed E-state index contributed by atoms with van der Waals surface area (Å²) in [6, 6.07) is 5.35. The number of aryl methyl sites for hydroxylation is 1. The van der Waals surface area contributed by atoms with E-state index in [2.05, 4.69) is 4.72 Å². The monoisotopic (exact) mass is 303 g/mol. The van der Waals surface area contributed by atoms with Crippen molar-refractivity contribution in [2.24, 2.45) is 0 Å². The molecule has 1 atom stereocenters. The molecular weight excluding hydrogens is 286 g/mol. The van der Waals surface area contributed by atoms with Gasteiger partial charge >= 0.3 is 0 Å². The lowest BCUT2D eigenvalue weighted by atomic mass is 10.1. The molecule has 0 bridgehead atoms. The number of sulfone groups is 1. The summed E-state index contributed by atoms with van der Waals surface area (Å²) < 4.78 is 49.6. The Bertz CT molecular complexity index is 692. The van der Waals surface area contributed by atoms with E-state index in [1.165, 1.54) is 0 Å². The van der Waals surface area contributed by atoms with Crippen molar-refractivity contribution in [3.8, 4) is 0 Å². The zero-order valence-corrected chi connectivity index (χ0v) is 12.5. The first-order chi connectivity index (χ1) is 8.71. The highest BCUT2D eigenvalue weighted by atomic mass is 32.2. The molecule has 1 aliphatic heterocycles. The van der Waals surface area contributed by atoms with Crippen LogP contribution in [0.5, 0.6) is 0 Å². The second-order valence-corrected chi connectivity index (χ2v) is 9.11. The van der Waals surface area contributed by atoms with E-state index >= 15 is 0 Å². The third kappa shape index (κ3) is 3.09. The van der Waals surface area contributed by atoms with E-state index < -0.39 is 25.1 Å². The van der Waals surface area contributed by atoms with Gasteiger partial charge in [-0.2, -0.15) is 0 Å². The fourth-order valence-corrected chi connectivity index (χ4v) is 6.26. The first-order valence-electron chi connectivity index (χ1n) is 5.99. The molecule has 1 heterocycles. The molecule has 1 aromatic carbocycles. The molecule has 1 N–H and O–H groups in total. The third-order valence-electron chi connectivity index (χ3n) is 3.49. The highest BCUT2D eigenvalue weighted by Gasteiger charge is 2.37. The van der Waals surface area contributed by atoms with Crippen molar-refractivity contribution in [3.63, 3.8) is 0 Å². The Kier molecular flexibility index (Phi) is 3.61. The smallest absolute Gasteiger partial charge is 0.236 e. The predicted octanol–water partition coefficient (Wildman–Crippen LogP) is 1.23. The van der Waals surface area contributed by atoms with Crippen molar-refractivity contribution < 1.29 is 16.8 Å². The number of rotatable bonds is 3. The molecule has 1 aliphatic rings. The van der Waals surface area contributed by atoms with Gasteiger partial charge in [-0.1, -0.05) is 12.1 Å². The summed E-state index contributed by atoms with van der Waals surface area (Å²) in [5, 5.41) is -0.850. The van der Waals surface area contributed by atoms with Crippen molar-refractivity contribution in [1.82, 2.24) is 0 Å².